The van der Waals surface area contributed by atoms with Crippen LogP contribution in [0.4, 0.5) is 4.39 Å². The monoisotopic (exact) mass is 521 g/mol. The summed E-state index contributed by atoms with van der Waals surface area (Å²) in [6.07, 6.45) is 1.16. The van der Waals surface area contributed by atoms with Crippen molar-refractivity contribution in [3.05, 3.63) is 52.2 Å². The molecule has 0 aliphatic rings. The zero-order valence-corrected chi connectivity index (χ0v) is 21.3. The highest BCUT2D eigenvalue weighted by Gasteiger charge is 2.25. The maximum Gasteiger partial charge on any atom is 0.293 e. The van der Waals surface area contributed by atoms with Gasteiger partial charge in [0.2, 0.25) is 22.5 Å². The molecule has 3 aromatic rings. The first-order chi connectivity index (χ1) is 16.4. The van der Waals surface area contributed by atoms with Crippen LogP contribution in [-0.4, -0.2) is 42.1 Å². The van der Waals surface area contributed by atoms with Gasteiger partial charge in [0.1, 0.15) is 5.82 Å². The summed E-state index contributed by atoms with van der Waals surface area (Å²) in [5.74, 6) is -1.69. The molecular formula is C22H24FN5O5S2. The lowest BCUT2D eigenvalue weighted by atomic mass is 9.88. The van der Waals surface area contributed by atoms with E-state index in [4.69, 9.17) is 4.74 Å². The minimum Gasteiger partial charge on any atom is -0.481 e. The van der Waals surface area contributed by atoms with Gasteiger partial charge in [-0.15, -0.1) is 5.10 Å². The smallest absolute Gasteiger partial charge is 0.293 e. The lowest BCUT2D eigenvalue weighted by Gasteiger charge is -2.18. The number of pyridine rings is 1. The van der Waals surface area contributed by atoms with Crippen LogP contribution in [-0.2, 0) is 33.1 Å². The molecule has 1 aromatic carbocycles. The highest BCUT2D eigenvalue weighted by molar-refractivity contribution is 7.92. The maximum absolute atomic E-state index is 14.5. The molecule has 0 bridgehead atoms. The molecule has 3 rings (SSSR count). The minimum atomic E-state index is -4.33. The van der Waals surface area contributed by atoms with Gasteiger partial charge < -0.3 is 4.74 Å². The van der Waals surface area contributed by atoms with Gasteiger partial charge in [-0.3, -0.25) is 9.59 Å². The SMILES string of the molecule is COc1cc(-c2cc(F)cc(C(C)C)c2CC(=O)NS(=O)(=O)c2nn(C)c(=NC(C)=O)s2)ccn1. The van der Waals surface area contributed by atoms with Gasteiger partial charge in [0, 0.05) is 26.2 Å². The summed E-state index contributed by atoms with van der Waals surface area (Å²) in [6, 6.07) is 5.87. The van der Waals surface area contributed by atoms with Crippen molar-refractivity contribution >= 4 is 33.2 Å². The summed E-state index contributed by atoms with van der Waals surface area (Å²) in [5, 5.41) is 3.85. The first kappa shape index (κ1) is 26.2. The first-order valence-electron chi connectivity index (χ1n) is 10.4. The summed E-state index contributed by atoms with van der Waals surface area (Å²) in [4.78, 5) is 32.0. The number of hydrogen-bond donors (Lipinski definition) is 1. The average molecular weight is 522 g/mol. The number of sulfonamides is 1. The number of benzene rings is 1. The fourth-order valence-electron chi connectivity index (χ4n) is 3.37. The van der Waals surface area contributed by atoms with E-state index in [0.717, 1.165) is 4.68 Å². The van der Waals surface area contributed by atoms with Crippen molar-refractivity contribution in [1.82, 2.24) is 19.5 Å². The van der Waals surface area contributed by atoms with Gasteiger partial charge in [0.15, 0.2) is 0 Å². The van der Waals surface area contributed by atoms with Crippen LogP contribution in [0.2, 0.25) is 0 Å². The molecule has 2 heterocycles. The molecule has 186 valence electrons. The fourth-order valence-corrected chi connectivity index (χ4v) is 5.52. The van der Waals surface area contributed by atoms with Crippen molar-refractivity contribution in [2.24, 2.45) is 12.0 Å². The number of carbonyl (C=O) groups is 2. The van der Waals surface area contributed by atoms with Crippen LogP contribution in [0.3, 0.4) is 0 Å². The van der Waals surface area contributed by atoms with Crippen LogP contribution in [0, 0.1) is 5.82 Å². The number of aromatic nitrogens is 3. The second-order valence-electron chi connectivity index (χ2n) is 7.87. The maximum atomic E-state index is 14.5. The van der Waals surface area contributed by atoms with Crippen LogP contribution < -0.4 is 14.3 Å². The summed E-state index contributed by atoms with van der Waals surface area (Å²) in [6.45, 7) is 4.92. The Kier molecular flexibility index (Phi) is 7.80. The molecule has 10 nitrogen and oxygen atoms in total. The number of nitrogens with zero attached hydrogens (tertiary/aromatic N) is 4. The van der Waals surface area contributed by atoms with E-state index in [0.29, 0.717) is 39.5 Å². The van der Waals surface area contributed by atoms with Crippen LogP contribution in [0.25, 0.3) is 11.1 Å². The number of hydrogen-bond acceptors (Lipinski definition) is 8. The molecule has 0 radical (unpaired) electrons. The Labute approximate surface area is 205 Å². The quantitative estimate of drug-likeness (QED) is 0.504. The molecule has 0 saturated carbocycles. The molecule has 35 heavy (non-hydrogen) atoms. The third kappa shape index (κ3) is 6.17. The predicted molar refractivity (Wildman–Crippen MR) is 127 cm³/mol. The third-order valence-electron chi connectivity index (χ3n) is 4.88. The Morgan fingerprint density at radius 1 is 1.29 bits per heavy atom. The molecule has 0 saturated heterocycles. The molecular weight excluding hydrogens is 497 g/mol. The van der Waals surface area contributed by atoms with E-state index in [1.165, 1.54) is 39.4 Å². The molecule has 0 aliphatic carbocycles. The van der Waals surface area contributed by atoms with Gasteiger partial charge in [-0.25, -0.2) is 18.8 Å². The largest absolute Gasteiger partial charge is 0.481 e. The lowest BCUT2D eigenvalue weighted by Crippen LogP contribution is -2.32. The Morgan fingerprint density at radius 2 is 2.00 bits per heavy atom. The van der Waals surface area contributed by atoms with E-state index >= 15 is 0 Å². The van der Waals surface area contributed by atoms with Crippen molar-refractivity contribution in [3.8, 4) is 17.0 Å². The molecule has 13 heteroatoms. The van der Waals surface area contributed by atoms with Crippen molar-refractivity contribution < 1.29 is 27.1 Å². The fraction of sp³-hybridized carbons (Fsp3) is 0.318. The topological polar surface area (TPSA) is 133 Å². The van der Waals surface area contributed by atoms with Gasteiger partial charge in [-0.2, -0.15) is 13.4 Å². The summed E-state index contributed by atoms with van der Waals surface area (Å²) < 4.78 is 48.0. The van der Waals surface area contributed by atoms with Crippen molar-refractivity contribution in [1.29, 1.82) is 0 Å². The Bertz CT molecular complexity index is 1460. The molecule has 0 spiro atoms. The highest BCUT2D eigenvalue weighted by atomic mass is 32.2. The second kappa shape index (κ2) is 10.4. The zero-order valence-electron chi connectivity index (χ0n) is 19.7. The van der Waals surface area contributed by atoms with Crippen LogP contribution >= 0.6 is 11.3 Å². The van der Waals surface area contributed by atoms with E-state index in [9.17, 15) is 22.4 Å². The number of halogens is 1. The molecule has 0 atom stereocenters. The number of carbonyl (C=O) groups excluding carboxylic acids is 2. The molecule has 0 fully saturated rings. The Balaban J connectivity index is 2.00. The Hall–Kier alpha value is -3.45. The van der Waals surface area contributed by atoms with Crippen molar-refractivity contribution in [3.63, 3.8) is 0 Å². The number of aryl methyl sites for hydroxylation is 1. The van der Waals surface area contributed by atoms with Crippen LogP contribution in [0.5, 0.6) is 5.88 Å². The normalized spacial score (nSPS) is 12.1. The molecule has 0 unspecified atom stereocenters. The van der Waals surface area contributed by atoms with Gasteiger partial charge in [0.05, 0.1) is 13.5 Å². The molecule has 1 N–H and O–H groups in total. The van der Waals surface area contributed by atoms with E-state index < -0.39 is 32.0 Å². The van der Waals surface area contributed by atoms with E-state index in [2.05, 4.69) is 15.1 Å². The van der Waals surface area contributed by atoms with Gasteiger partial charge >= 0.3 is 0 Å². The standard InChI is InChI=1S/C22H24FN5O5S2/c1-12(2)16-9-15(23)10-17(14-6-7-24-20(8-14)33-5)18(16)11-19(30)27-35(31,32)22-26-28(4)21(34-22)25-13(3)29/h6-10,12H,11H2,1-5H3,(H,27,30). The van der Waals surface area contributed by atoms with E-state index in [1.54, 1.807) is 12.1 Å². The first-order valence-corrected chi connectivity index (χ1v) is 12.7. The zero-order chi connectivity index (χ0) is 25.9. The average Bonchev–Trinajstić information content (AvgIpc) is 3.14. The number of ether oxygens (including phenoxy) is 1. The number of methoxy groups -OCH3 is 1. The van der Waals surface area contributed by atoms with E-state index in [1.807, 2.05) is 18.6 Å². The molecule has 0 aliphatic heterocycles. The Morgan fingerprint density at radius 3 is 2.63 bits per heavy atom. The summed E-state index contributed by atoms with van der Waals surface area (Å²) >= 11 is 0.648. The molecule has 2 aromatic heterocycles. The van der Waals surface area contributed by atoms with Crippen LogP contribution in [0.15, 0.2) is 39.8 Å². The molecule has 2 amide bonds. The summed E-state index contributed by atoms with van der Waals surface area (Å²) in [7, 11) is -1.45. The van der Waals surface area contributed by atoms with E-state index in [-0.39, 0.29) is 17.1 Å². The van der Waals surface area contributed by atoms with Crippen molar-refractivity contribution in [2.45, 2.75) is 37.4 Å². The van der Waals surface area contributed by atoms with Gasteiger partial charge in [-0.1, -0.05) is 25.2 Å². The highest BCUT2D eigenvalue weighted by Crippen LogP contribution is 2.33. The van der Waals surface area contributed by atoms with Crippen molar-refractivity contribution in [2.75, 3.05) is 7.11 Å². The van der Waals surface area contributed by atoms with Gasteiger partial charge in [-0.05, 0) is 46.4 Å². The lowest BCUT2D eigenvalue weighted by molar-refractivity contribution is -0.118. The van der Waals surface area contributed by atoms with Gasteiger partial charge in [0.25, 0.3) is 14.4 Å². The number of rotatable bonds is 7. The number of nitrogens with one attached hydrogen (secondary N) is 1. The summed E-state index contributed by atoms with van der Waals surface area (Å²) in [5.41, 5.74) is 2.02. The third-order valence-corrected chi connectivity index (χ3v) is 7.62. The predicted octanol–water partition coefficient (Wildman–Crippen LogP) is 2.31. The minimum absolute atomic E-state index is 0.0693. The second-order valence-corrected chi connectivity index (χ2v) is 10.7. The number of amides is 2. The van der Waals surface area contributed by atoms with Crippen LogP contribution in [0.1, 0.15) is 37.8 Å².